The van der Waals surface area contributed by atoms with Crippen molar-refractivity contribution in [3.63, 3.8) is 0 Å². The van der Waals surface area contributed by atoms with Crippen molar-refractivity contribution < 1.29 is 0 Å². The number of hydrogen-bond acceptors (Lipinski definition) is 2. The first kappa shape index (κ1) is 23.1. The highest BCUT2D eigenvalue weighted by molar-refractivity contribution is 5.64. The molecule has 1 aromatic heterocycles. The molecular formula is C27H35N3. The molecule has 0 radical (unpaired) electrons. The zero-order valence-electron chi connectivity index (χ0n) is 18.6. The lowest BCUT2D eigenvalue weighted by Gasteiger charge is -2.26. The van der Waals surface area contributed by atoms with Crippen LogP contribution in [0, 0.1) is 0 Å². The highest BCUT2D eigenvalue weighted by atomic mass is 15.1. The van der Waals surface area contributed by atoms with Crippen molar-refractivity contribution in [3.05, 3.63) is 83.7 Å². The SMILES string of the molecule is C=Cc1c(C=C)c(=C)n(CC(=C)CNc2ccc(N(CCC)C(=C)CC)cc2)c1=C. The van der Waals surface area contributed by atoms with Gasteiger partial charge in [0.05, 0.1) is 0 Å². The molecule has 0 amide bonds. The Labute approximate surface area is 181 Å². The van der Waals surface area contributed by atoms with Crippen LogP contribution in [0.15, 0.2) is 61.9 Å². The Kier molecular flexibility index (Phi) is 8.11. The number of anilines is 2. The van der Waals surface area contributed by atoms with Gasteiger partial charge in [0.25, 0.3) is 0 Å². The van der Waals surface area contributed by atoms with E-state index in [0.717, 1.165) is 58.2 Å². The van der Waals surface area contributed by atoms with Crippen LogP contribution < -0.4 is 20.9 Å². The molecule has 0 fully saturated rings. The van der Waals surface area contributed by atoms with Gasteiger partial charge < -0.3 is 14.8 Å². The topological polar surface area (TPSA) is 20.2 Å². The van der Waals surface area contributed by atoms with Gasteiger partial charge >= 0.3 is 0 Å². The van der Waals surface area contributed by atoms with Crippen LogP contribution in [0.4, 0.5) is 11.4 Å². The molecule has 1 N–H and O–H groups in total. The molecule has 0 aliphatic heterocycles. The Morgan fingerprint density at radius 3 is 2.03 bits per heavy atom. The van der Waals surface area contributed by atoms with Crippen LogP contribution in [0.1, 0.15) is 37.8 Å². The van der Waals surface area contributed by atoms with Crippen LogP contribution in [0.5, 0.6) is 0 Å². The largest absolute Gasteiger partial charge is 0.381 e. The zero-order chi connectivity index (χ0) is 22.3. The molecule has 0 spiro atoms. The minimum absolute atomic E-state index is 0.651. The number of allylic oxidation sites excluding steroid dienone is 1. The lowest BCUT2D eigenvalue weighted by molar-refractivity contribution is 0.740. The third-order valence-corrected chi connectivity index (χ3v) is 5.31. The monoisotopic (exact) mass is 401 g/mol. The quantitative estimate of drug-likeness (QED) is 0.480. The third-order valence-electron chi connectivity index (χ3n) is 5.31. The van der Waals surface area contributed by atoms with Gasteiger partial charge in [-0.1, -0.05) is 65.5 Å². The molecule has 1 aromatic carbocycles. The first-order valence-electron chi connectivity index (χ1n) is 10.5. The van der Waals surface area contributed by atoms with Gasteiger partial charge in [0.2, 0.25) is 0 Å². The van der Waals surface area contributed by atoms with Crippen LogP contribution in [-0.2, 0) is 6.54 Å². The van der Waals surface area contributed by atoms with Crippen LogP contribution in [0.2, 0.25) is 0 Å². The number of benzene rings is 1. The molecule has 0 unspecified atom stereocenters. The molecule has 0 saturated heterocycles. The Morgan fingerprint density at radius 1 is 1.00 bits per heavy atom. The Bertz CT molecular complexity index is 982. The molecule has 3 heteroatoms. The molecule has 2 aromatic rings. The van der Waals surface area contributed by atoms with E-state index < -0.39 is 0 Å². The van der Waals surface area contributed by atoms with Crippen molar-refractivity contribution in [2.75, 3.05) is 23.3 Å². The molecule has 30 heavy (non-hydrogen) atoms. The summed E-state index contributed by atoms with van der Waals surface area (Å²) < 4.78 is 2.07. The van der Waals surface area contributed by atoms with Gasteiger partial charge in [-0.3, -0.25) is 0 Å². The van der Waals surface area contributed by atoms with E-state index in [9.17, 15) is 0 Å². The van der Waals surface area contributed by atoms with Gasteiger partial charge in [-0.2, -0.15) is 0 Å². The minimum atomic E-state index is 0.651. The number of aromatic nitrogens is 1. The Hall–Kier alpha value is -3.20. The summed E-state index contributed by atoms with van der Waals surface area (Å²) >= 11 is 0. The number of hydrogen-bond donors (Lipinski definition) is 1. The Morgan fingerprint density at radius 2 is 1.57 bits per heavy atom. The molecule has 0 bridgehead atoms. The highest BCUT2D eigenvalue weighted by Crippen LogP contribution is 2.23. The van der Waals surface area contributed by atoms with Crippen molar-refractivity contribution in [2.45, 2.75) is 33.2 Å². The maximum Gasteiger partial charge on any atom is 0.0455 e. The fourth-order valence-corrected chi connectivity index (χ4v) is 3.56. The standard InChI is InChI=1S/C27H35N3/c1-9-17-29(21(6)10-2)25-15-13-24(14-16-25)28-18-20(5)19-30-22(7)26(11-3)27(12-4)23(30)8/h11-16,28H,3-10,17-19H2,1-2H3. The smallest absolute Gasteiger partial charge is 0.0455 e. The Balaban J connectivity index is 2.05. The average molecular weight is 402 g/mol. The number of nitrogens with zero attached hydrogens (tertiary/aromatic N) is 2. The van der Waals surface area contributed by atoms with Crippen molar-refractivity contribution in [3.8, 4) is 0 Å². The fourth-order valence-electron chi connectivity index (χ4n) is 3.56. The molecule has 3 nitrogen and oxygen atoms in total. The molecule has 0 saturated carbocycles. The number of nitrogens with one attached hydrogen (secondary N) is 1. The second kappa shape index (κ2) is 10.5. The summed E-state index contributed by atoms with van der Waals surface area (Å²) in [5.74, 6) is 0. The summed E-state index contributed by atoms with van der Waals surface area (Å²) in [5, 5.41) is 5.24. The molecule has 1 heterocycles. The first-order valence-corrected chi connectivity index (χ1v) is 10.5. The van der Waals surface area contributed by atoms with Crippen molar-refractivity contribution in [2.24, 2.45) is 0 Å². The summed E-state index contributed by atoms with van der Waals surface area (Å²) in [6.45, 7) is 31.2. The van der Waals surface area contributed by atoms with Crippen LogP contribution in [0.3, 0.4) is 0 Å². The maximum atomic E-state index is 4.23. The van der Waals surface area contributed by atoms with Crippen LogP contribution in [0.25, 0.3) is 25.3 Å². The van der Waals surface area contributed by atoms with Gasteiger partial charge in [-0.05, 0) is 42.7 Å². The van der Waals surface area contributed by atoms with E-state index in [1.807, 2.05) is 12.2 Å². The van der Waals surface area contributed by atoms with Gasteiger partial charge in [-0.15, -0.1) is 0 Å². The van der Waals surface area contributed by atoms with Crippen molar-refractivity contribution in [1.82, 2.24) is 4.57 Å². The predicted octanol–water partition coefficient (Wildman–Crippen LogP) is 5.40. The third kappa shape index (κ3) is 5.04. The second-order valence-corrected chi connectivity index (χ2v) is 7.44. The van der Waals surface area contributed by atoms with E-state index in [1.165, 1.54) is 5.69 Å². The summed E-state index contributed by atoms with van der Waals surface area (Å²) in [5.41, 5.74) is 6.39. The van der Waals surface area contributed by atoms with E-state index in [2.05, 4.69) is 92.4 Å². The minimum Gasteiger partial charge on any atom is -0.381 e. The van der Waals surface area contributed by atoms with Gasteiger partial charge in [0, 0.05) is 58.5 Å². The van der Waals surface area contributed by atoms with Gasteiger partial charge in [-0.25, -0.2) is 0 Å². The van der Waals surface area contributed by atoms with Crippen LogP contribution >= 0.6 is 0 Å². The molecule has 0 atom stereocenters. The zero-order valence-corrected chi connectivity index (χ0v) is 18.6. The highest BCUT2D eigenvalue weighted by Gasteiger charge is 2.10. The van der Waals surface area contributed by atoms with E-state index >= 15 is 0 Å². The fraction of sp³-hybridized carbons (Fsp3) is 0.259. The lowest BCUT2D eigenvalue weighted by atomic mass is 10.1. The van der Waals surface area contributed by atoms with Crippen molar-refractivity contribution in [1.29, 1.82) is 0 Å². The summed E-state index contributed by atoms with van der Waals surface area (Å²) in [4.78, 5) is 2.29. The van der Waals surface area contributed by atoms with E-state index in [1.54, 1.807) is 0 Å². The summed E-state index contributed by atoms with van der Waals surface area (Å²) in [7, 11) is 0. The van der Waals surface area contributed by atoms with E-state index in [0.29, 0.717) is 13.1 Å². The average Bonchev–Trinajstić information content (AvgIpc) is 2.99. The number of rotatable bonds is 12. The molecule has 2 rings (SSSR count). The molecular weight excluding hydrogens is 366 g/mol. The molecule has 0 aliphatic carbocycles. The molecule has 0 aliphatic rings. The lowest BCUT2D eigenvalue weighted by Crippen LogP contribution is -2.28. The normalized spacial score (nSPS) is 10.5. The molecule has 158 valence electrons. The van der Waals surface area contributed by atoms with Gasteiger partial charge in [0.15, 0.2) is 0 Å². The first-order chi connectivity index (χ1) is 14.4. The summed E-state index contributed by atoms with van der Waals surface area (Å²) in [6, 6.07) is 8.50. The second-order valence-electron chi connectivity index (χ2n) is 7.44. The predicted molar refractivity (Wildman–Crippen MR) is 136 cm³/mol. The summed E-state index contributed by atoms with van der Waals surface area (Å²) in [6.07, 6.45) is 5.65. The van der Waals surface area contributed by atoms with Crippen LogP contribution in [-0.4, -0.2) is 17.7 Å². The van der Waals surface area contributed by atoms with Gasteiger partial charge in [0.1, 0.15) is 0 Å². The van der Waals surface area contributed by atoms with E-state index in [-0.39, 0.29) is 0 Å². The van der Waals surface area contributed by atoms with Crippen molar-refractivity contribution >= 4 is 36.7 Å². The van der Waals surface area contributed by atoms with E-state index in [4.69, 9.17) is 0 Å². The maximum absolute atomic E-state index is 4.23.